The predicted molar refractivity (Wildman–Crippen MR) is 110 cm³/mol. The fraction of sp³-hybridized carbons (Fsp3) is 0.150. The third kappa shape index (κ3) is 3.60. The molecule has 0 radical (unpaired) electrons. The molecule has 4 aromatic rings. The molecule has 0 atom stereocenters. The van der Waals surface area contributed by atoms with Crippen LogP contribution in [0.25, 0.3) is 22.0 Å². The second-order valence-corrected chi connectivity index (χ2v) is 7.33. The first-order valence-electron chi connectivity index (χ1n) is 8.86. The van der Waals surface area contributed by atoms with Crippen molar-refractivity contribution in [3.63, 3.8) is 0 Å². The Balaban J connectivity index is 1.83. The number of tetrazole rings is 1. The van der Waals surface area contributed by atoms with Crippen LogP contribution in [0.2, 0.25) is 0 Å². The zero-order valence-electron chi connectivity index (χ0n) is 16.4. The van der Waals surface area contributed by atoms with E-state index in [4.69, 9.17) is 9.47 Å². The van der Waals surface area contributed by atoms with Crippen molar-refractivity contribution in [2.45, 2.75) is 6.92 Å². The van der Waals surface area contributed by atoms with Gasteiger partial charge in [0.1, 0.15) is 15.6 Å². The zero-order valence-corrected chi connectivity index (χ0v) is 17.2. The molecule has 0 aliphatic rings. The van der Waals surface area contributed by atoms with Gasteiger partial charge in [-0.25, -0.2) is 14.5 Å². The number of carbonyl (C=O) groups is 1. The Morgan fingerprint density at radius 3 is 2.53 bits per heavy atom. The fourth-order valence-electron chi connectivity index (χ4n) is 2.92. The molecule has 0 bridgehead atoms. The summed E-state index contributed by atoms with van der Waals surface area (Å²) in [5.74, 6) is 1.15. The van der Waals surface area contributed by atoms with Gasteiger partial charge in [-0.1, -0.05) is 12.1 Å². The number of nitrogens with zero attached hydrogens (tertiary/aromatic N) is 5. The summed E-state index contributed by atoms with van der Waals surface area (Å²) < 4.78 is 13.0. The summed E-state index contributed by atoms with van der Waals surface area (Å²) in [4.78, 5) is 16.0. The van der Waals surface area contributed by atoms with Crippen LogP contribution < -0.4 is 9.47 Å². The Morgan fingerprint density at radius 1 is 1.13 bits per heavy atom. The second kappa shape index (κ2) is 7.91. The maximum atomic E-state index is 11.4. The molecular formula is C20H17N5O4S. The van der Waals surface area contributed by atoms with E-state index >= 15 is 0 Å². The first-order valence-corrected chi connectivity index (χ1v) is 9.68. The summed E-state index contributed by atoms with van der Waals surface area (Å²) in [6.45, 7) is 1.68. The van der Waals surface area contributed by atoms with E-state index in [-0.39, 0.29) is 4.88 Å². The number of hydrogen-bond acceptors (Lipinski definition) is 8. The minimum atomic E-state index is -0.995. The minimum Gasteiger partial charge on any atom is -0.493 e. The number of ether oxygens (including phenoxy) is 2. The van der Waals surface area contributed by atoms with Gasteiger partial charge in [0.15, 0.2) is 17.3 Å². The molecule has 0 unspecified atom stereocenters. The van der Waals surface area contributed by atoms with E-state index in [9.17, 15) is 9.90 Å². The molecule has 152 valence electrons. The third-order valence-corrected chi connectivity index (χ3v) is 5.56. The number of aromatic carboxylic acids is 1. The van der Waals surface area contributed by atoms with Crippen molar-refractivity contribution in [2.24, 2.45) is 7.05 Å². The predicted octanol–water partition coefficient (Wildman–Crippen LogP) is 3.81. The van der Waals surface area contributed by atoms with Gasteiger partial charge in [0, 0.05) is 12.6 Å². The molecule has 1 N–H and O–H groups in total. The van der Waals surface area contributed by atoms with Crippen LogP contribution in [-0.4, -0.2) is 43.4 Å². The molecule has 0 amide bonds. The molecule has 4 rings (SSSR count). The van der Waals surface area contributed by atoms with E-state index in [1.54, 1.807) is 39.3 Å². The molecule has 0 saturated carbocycles. The number of rotatable bonds is 6. The lowest BCUT2D eigenvalue weighted by atomic mass is 10.1. The molecule has 30 heavy (non-hydrogen) atoms. The lowest BCUT2D eigenvalue weighted by Crippen LogP contribution is -1.98. The number of benzene rings is 2. The van der Waals surface area contributed by atoms with Gasteiger partial charge in [0.2, 0.25) is 0 Å². The fourth-order valence-corrected chi connectivity index (χ4v) is 3.83. The molecule has 2 heterocycles. The SMILES string of the molecule is COc1ccccc1Oc1ccc(-c2nc(C)c(C(=O)O)s2)cc1-c1nnnn1C. The Kier molecular flexibility index (Phi) is 5.15. The lowest BCUT2D eigenvalue weighted by Gasteiger charge is -2.13. The van der Waals surface area contributed by atoms with Crippen molar-refractivity contribution in [1.82, 2.24) is 25.2 Å². The van der Waals surface area contributed by atoms with E-state index < -0.39 is 5.97 Å². The summed E-state index contributed by atoms with van der Waals surface area (Å²) >= 11 is 1.12. The van der Waals surface area contributed by atoms with E-state index in [1.165, 1.54) is 4.68 Å². The van der Waals surface area contributed by atoms with E-state index in [2.05, 4.69) is 20.5 Å². The molecule has 0 aliphatic carbocycles. The number of carboxylic acids is 1. The molecule has 0 aliphatic heterocycles. The van der Waals surface area contributed by atoms with Crippen molar-refractivity contribution in [2.75, 3.05) is 7.11 Å². The van der Waals surface area contributed by atoms with Crippen LogP contribution in [0.15, 0.2) is 42.5 Å². The number of methoxy groups -OCH3 is 1. The summed E-state index contributed by atoms with van der Waals surface area (Å²) in [5, 5.41) is 21.6. The number of aromatic nitrogens is 5. The highest BCUT2D eigenvalue weighted by Crippen LogP contribution is 2.39. The van der Waals surface area contributed by atoms with Crippen molar-refractivity contribution >= 4 is 17.3 Å². The third-order valence-electron chi connectivity index (χ3n) is 4.37. The van der Waals surface area contributed by atoms with Crippen LogP contribution in [0.1, 0.15) is 15.4 Å². The quantitative estimate of drug-likeness (QED) is 0.498. The summed E-state index contributed by atoms with van der Waals surface area (Å²) in [6.07, 6.45) is 0. The smallest absolute Gasteiger partial charge is 0.347 e. The van der Waals surface area contributed by atoms with Gasteiger partial charge in [-0.15, -0.1) is 16.4 Å². The monoisotopic (exact) mass is 423 g/mol. The summed E-state index contributed by atoms with van der Waals surface area (Å²) in [5.41, 5.74) is 1.84. The average Bonchev–Trinajstić information content (AvgIpc) is 3.34. The maximum Gasteiger partial charge on any atom is 0.347 e. The van der Waals surface area contributed by atoms with E-state index in [1.807, 2.05) is 24.3 Å². The Hall–Kier alpha value is -3.79. The highest BCUT2D eigenvalue weighted by Gasteiger charge is 2.19. The van der Waals surface area contributed by atoms with Crippen molar-refractivity contribution < 1.29 is 19.4 Å². The van der Waals surface area contributed by atoms with Crippen LogP contribution in [-0.2, 0) is 7.05 Å². The second-order valence-electron chi connectivity index (χ2n) is 6.33. The van der Waals surface area contributed by atoms with Crippen molar-refractivity contribution in [3.05, 3.63) is 53.0 Å². The zero-order chi connectivity index (χ0) is 21.3. The van der Waals surface area contributed by atoms with Gasteiger partial charge in [0.25, 0.3) is 0 Å². The molecule has 2 aromatic heterocycles. The molecule has 9 nitrogen and oxygen atoms in total. The molecule has 0 spiro atoms. The molecule has 2 aromatic carbocycles. The van der Waals surface area contributed by atoms with Crippen molar-refractivity contribution in [1.29, 1.82) is 0 Å². The van der Waals surface area contributed by atoms with Gasteiger partial charge in [-0.2, -0.15) is 0 Å². The first-order chi connectivity index (χ1) is 14.5. The Morgan fingerprint density at radius 2 is 1.90 bits per heavy atom. The number of hydrogen-bond donors (Lipinski definition) is 1. The van der Waals surface area contributed by atoms with E-state index in [0.29, 0.717) is 39.3 Å². The minimum absolute atomic E-state index is 0.209. The molecule has 0 fully saturated rings. The van der Waals surface area contributed by atoms with E-state index in [0.717, 1.165) is 16.9 Å². The lowest BCUT2D eigenvalue weighted by molar-refractivity contribution is 0.0701. The normalized spacial score (nSPS) is 10.8. The highest BCUT2D eigenvalue weighted by molar-refractivity contribution is 7.17. The molecule has 0 saturated heterocycles. The van der Waals surface area contributed by atoms with Gasteiger partial charge in [-0.05, 0) is 47.7 Å². The maximum absolute atomic E-state index is 11.4. The van der Waals surface area contributed by atoms with Gasteiger partial charge >= 0.3 is 5.97 Å². The summed E-state index contributed by atoms with van der Waals surface area (Å²) in [6, 6.07) is 12.7. The van der Waals surface area contributed by atoms with Crippen LogP contribution in [0.3, 0.4) is 0 Å². The van der Waals surface area contributed by atoms with Crippen molar-refractivity contribution in [3.8, 4) is 39.2 Å². The average molecular weight is 423 g/mol. The highest BCUT2D eigenvalue weighted by atomic mass is 32.1. The van der Waals surface area contributed by atoms with Gasteiger partial charge in [0.05, 0.1) is 18.4 Å². The Bertz CT molecular complexity index is 1230. The Labute approximate surface area is 175 Å². The summed E-state index contributed by atoms with van der Waals surface area (Å²) in [7, 11) is 3.30. The van der Waals surface area contributed by atoms with Crippen LogP contribution in [0.4, 0.5) is 0 Å². The number of thiazole rings is 1. The first kappa shape index (κ1) is 19.5. The van der Waals surface area contributed by atoms with Gasteiger partial charge in [-0.3, -0.25) is 0 Å². The molecule has 10 heteroatoms. The standard InChI is InChI=1S/C20H17N5O4S/c1-11-17(20(26)27)30-19(21-11)12-8-9-14(13(10-12)18-22-23-24-25(18)2)29-16-7-5-4-6-15(16)28-3/h4-10H,1-3H3,(H,26,27). The van der Waals surface area contributed by atoms with Crippen LogP contribution in [0.5, 0.6) is 17.2 Å². The van der Waals surface area contributed by atoms with Gasteiger partial charge < -0.3 is 14.6 Å². The topological polar surface area (TPSA) is 112 Å². The molecular weight excluding hydrogens is 406 g/mol. The number of para-hydroxylation sites is 2. The largest absolute Gasteiger partial charge is 0.493 e. The van der Waals surface area contributed by atoms with Crippen LogP contribution in [0, 0.1) is 6.92 Å². The number of carboxylic acid groups (broad SMARTS) is 1. The van der Waals surface area contributed by atoms with Crippen LogP contribution >= 0.6 is 11.3 Å². The number of aryl methyl sites for hydroxylation is 2.